The Labute approximate surface area is 192 Å². The summed E-state index contributed by atoms with van der Waals surface area (Å²) in [5, 5.41) is 9.29. The van der Waals surface area contributed by atoms with Crippen LogP contribution in [-0.2, 0) is 4.79 Å². The fourth-order valence-corrected chi connectivity index (χ4v) is 3.23. The molecule has 1 aliphatic heterocycles. The van der Waals surface area contributed by atoms with E-state index < -0.39 is 0 Å². The molecule has 164 valence electrons. The maximum absolute atomic E-state index is 12.0. The largest absolute Gasteiger partial charge is 0.357 e. The third-order valence-electron chi connectivity index (χ3n) is 4.77. The number of carbonyl (C=O) groups excluding carboxylic acids is 1. The van der Waals surface area contributed by atoms with Crippen LogP contribution in [0.3, 0.4) is 0 Å². The summed E-state index contributed by atoms with van der Waals surface area (Å²) in [6.07, 6.45) is 8.58. The zero-order chi connectivity index (χ0) is 20.0. The SMILES string of the molecule is CCNC(=NCCCN1CCCCCC1)NCCC(=O)Nc1ccc(C)cn1.I. The number of guanidine groups is 1. The van der Waals surface area contributed by atoms with Crippen molar-refractivity contribution in [3.05, 3.63) is 23.9 Å². The molecule has 0 aromatic carbocycles. The van der Waals surface area contributed by atoms with Crippen LogP contribution in [0.2, 0.25) is 0 Å². The molecule has 3 N–H and O–H groups in total. The third-order valence-corrected chi connectivity index (χ3v) is 4.77. The average molecular weight is 516 g/mol. The van der Waals surface area contributed by atoms with Gasteiger partial charge in [-0.3, -0.25) is 9.79 Å². The average Bonchev–Trinajstić information content (AvgIpc) is 2.96. The minimum atomic E-state index is -0.0548. The summed E-state index contributed by atoms with van der Waals surface area (Å²) in [6, 6.07) is 3.75. The highest BCUT2D eigenvalue weighted by molar-refractivity contribution is 14.0. The summed E-state index contributed by atoms with van der Waals surface area (Å²) in [4.78, 5) is 23.4. The number of likely N-dealkylation sites (tertiary alicyclic amines) is 1. The van der Waals surface area contributed by atoms with E-state index in [1.807, 2.05) is 26.0 Å². The van der Waals surface area contributed by atoms with Gasteiger partial charge < -0.3 is 20.9 Å². The van der Waals surface area contributed by atoms with Crippen molar-refractivity contribution in [1.29, 1.82) is 0 Å². The first-order valence-corrected chi connectivity index (χ1v) is 10.6. The molecule has 7 nitrogen and oxygen atoms in total. The summed E-state index contributed by atoms with van der Waals surface area (Å²) in [5.41, 5.74) is 1.07. The monoisotopic (exact) mass is 516 g/mol. The van der Waals surface area contributed by atoms with Crippen molar-refractivity contribution >= 4 is 41.7 Å². The number of aliphatic imine (C=N–C) groups is 1. The van der Waals surface area contributed by atoms with E-state index in [2.05, 4.69) is 30.8 Å². The van der Waals surface area contributed by atoms with Gasteiger partial charge in [-0.05, 0) is 64.4 Å². The second kappa shape index (κ2) is 15.4. The van der Waals surface area contributed by atoms with Crippen molar-refractivity contribution in [3.8, 4) is 0 Å². The molecule has 0 saturated carbocycles. The molecule has 29 heavy (non-hydrogen) atoms. The van der Waals surface area contributed by atoms with Gasteiger partial charge in [-0.15, -0.1) is 24.0 Å². The number of halogens is 1. The lowest BCUT2D eigenvalue weighted by Gasteiger charge is -2.19. The molecule has 2 rings (SSSR count). The molecule has 1 aliphatic rings. The van der Waals surface area contributed by atoms with Crippen LogP contribution in [0.25, 0.3) is 0 Å². The standard InChI is InChI=1S/C21H36N6O.HI/c1-3-22-21(23-12-8-16-27-14-6-4-5-7-15-27)24-13-11-20(28)26-19-10-9-18(2)17-25-19;/h9-10,17H,3-8,11-16H2,1-2H3,(H2,22,23,24)(H,25,26,28);1H. The van der Waals surface area contributed by atoms with E-state index in [0.717, 1.165) is 37.6 Å². The smallest absolute Gasteiger partial charge is 0.227 e. The second-order valence-corrected chi connectivity index (χ2v) is 7.32. The van der Waals surface area contributed by atoms with Gasteiger partial charge in [0.1, 0.15) is 5.82 Å². The van der Waals surface area contributed by atoms with Crippen molar-refractivity contribution in [2.45, 2.75) is 52.4 Å². The minimum absolute atomic E-state index is 0. The third kappa shape index (κ3) is 11.4. The van der Waals surface area contributed by atoms with Crippen molar-refractivity contribution in [3.63, 3.8) is 0 Å². The molecule has 0 unspecified atom stereocenters. The number of carbonyl (C=O) groups is 1. The number of anilines is 1. The normalized spacial score (nSPS) is 15.2. The maximum atomic E-state index is 12.0. The fraction of sp³-hybridized carbons (Fsp3) is 0.667. The van der Waals surface area contributed by atoms with Crippen molar-refractivity contribution in [1.82, 2.24) is 20.5 Å². The van der Waals surface area contributed by atoms with Gasteiger partial charge in [0.25, 0.3) is 0 Å². The zero-order valence-corrected chi connectivity index (χ0v) is 20.2. The molecule has 8 heteroatoms. The number of rotatable bonds is 9. The number of nitrogens with zero attached hydrogens (tertiary/aromatic N) is 3. The Morgan fingerprint density at radius 2 is 1.93 bits per heavy atom. The fourth-order valence-electron chi connectivity index (χ4n) is 3.23. The van der Waals surface area contributed by atoms with E-state index in [4.69, 9.17) is 0 Å². The first-order valence-electron chi connectivity index (χ1n) is 10.6. The molecule has 0 bridgehead atoms. The van der Waals surface area contributed by atoms with Crippen LogP contribution < -0.4 is 16.0 Å². The summed E-state index contributed by atoms with van der Waals surface area (Å²) in [6.45, 7) is 9.73. The molecule has 0 atom stereocenters. The van der Waals surface area contributed by atoms with Crippen LogP contribution >= 0.6 is 24.0 Å². The molecular weight excluding hydrogens is 479 g/mol. The van der Waals surface area contributed by atoms with E-state index in [9.17, 15) is 4.79 Å². The first kappa shape index (κ1) is 25.6. The predicted molar refractivity (Wildman–Crippen MR) is 131 cm³/mol. The van der Waals surface area contributed by atoms with Gasteiger partial charge >= 0.3 is 0 Å². The number of pyridine rings is 1. The molecule has 1 saturated heterocycles. The number of aryl methyl sites for hydroxylation is 1. The molecule has 1 aromatic heterocycles. The van der Waals surface area contributed by atoms with Crippen molar-refractivity contribution < 1.29 is 4.79 Å². The predicted octanol–water partition coefficient (Wildman–Crippen LogP) is 3.16. The van der Waals surface area contributed by atoms with Crippen LogP contribution in [0.5, 0.6) is 0 Å². The molecule has 1 aromatic rings. The molecule has 0 spiro atoms. The number of aromatic nitrogens is 1. The van der Waals surface area contributed by atoms with E-state index >= 15 is 0 Å². The number of hydrogen-bond donors (Lipinski definition) is 3. The van der Waals surface area contributed by atoms with Gasteiger partial charge in [0.2, 0.25) is 5.91 Å². The lowest BCUT2D eigenvalue weighted by Crippen LogP contribution is -2.39. The molecule has 0 radical (unpaired) electrons. The zero-order valence-electron chi connectivity index (χ0n) is 17.9. The van der Waals surface area contributed by atoms with Gasteiger partial charge in [0, 0.05) is 32.3 Å². The Bertz CT molecular complexity index is 600. The van der Waals surface area contributed by atoms with E-state index in [1.165, 1.54) is 38.8 Å². The quantitative estimate of drug-likeness (QED) is 0.203. The topological polar surface area (TPSA) is 81.7 Å². The minimum Gasteiger partial charge on any atom is -0.357 e. The maximum Gasteiger partial charge on any atom is 0.227 e. The summed E-state index contributed by atoms with van der Waals surface area (Å²) in [5.74, 6) is 1.31. The summed E-state index contributed by atoms with van der Waals surface area (Å²) in [7, 11) is 0. The highest BCUT2D eigenvalue weighted by Gasteiger charge is 2.08. The van der Waals surface area contributed by atoms with Crippen LogP contribution in [-0.4, -0.2) is 61.0 Å². The molecular formula is C21H37IN6O. The Morgan fingerprint density at radius 1 is 1.17 bits per heavy atom. The molecule has 1 fully saturated rings. The molecule has 0 aliphatic carbocycles. The lowest BCUT2D eigenvalue weighted by molar-refractivity contribution is -0.116. The van der Waals surface area contributed by atoms with Gasteiger partial charge in [-0.25, -0.2) is 4.98 Å². The van der Waals surface area contributed by atoms with Crippen LogP contribution in [0.1, 0.15) is 51.0 Å². The number of hydrogen-bond acceptors (Lipinski definition) is 4. The van der Waals surface area contributed by atoms with E-state index in [-0.39, 0.29) is 29.9 Å². The van der Waals surface area contributed by atoms with Crippen LogP contribution in [0.15, 0.2) is 23.3 Å². The Hall–Kier alpha value is -1.42. The van der Waals surface area contributed by atoms with Gasteiger partial charge in [0.15, 0.2) is 5.96 Å². The Balaban J connectivity index is 0.00000420. The van der Waals surface area contributed by atoms with Crippen LogP contribution in [0, 0.1) is 6.92 Å². The van der Waals surface area contributed by atoms with E-state index in [1.54, 1.807) is 6.20 Å². The number of amides is 1. The number of nitrogens with one attached hydrogen (secondary N) is 3. The van der Waals surface area contributed by atoms with Crippen LogP contribution in [0.4, 0.5) is 5.82 Å². The second-order valence-electron chi connectivity index (χ2n) is 7.32. The van der Waals surface area contributed by atoms with Gasteiger partial charge in [-0.2, -0.15) is 0 Å². The van der Waals surface area contributed by atoms with Crippen molar-refractivity contribution in [2.24, 2.45) is 4.99 Å². The Morgan fingerprint density at radius 3 is 2.59 bits per heavy atom. The Kier molecular flexibility index (Phi) is 13.6. The molecule has 2 heterocycles. The first-order chi connectivity index (χ1) is 13.7. The highest BCUT2D eigenvalue weighted by Crippen LogP contribution is 2.09. The summed E-state index contributed by atoms with van der Waals surface area (Å²) >= 11 is 0. The van der Waals surface area contributed by atoms with Gasteiger partial charge in [-0.1, -0.05) is 18.9 Å². The van der Waals surface area contributed by atoms with Crippen molar-refractivity contribution in [2.75, 3.05) is 44.6 Å². The van der Waals surface area contributed by atoms with Gasteiger partial charge in [0.05, 0.1) is 0 Å². The van der Waals surface area contributed by atoms with E-state index in [0.29, 0.717) is 18.8 Å². The molecule has 1 amide bonds. The highest BCUT2D eigenvalue weighted by atomic mass is 127. The summed E-state index contributed by atoms with van der Waals surface area (Å²) < 4.78 is 0. The lowest BCUT2D eigenvalue weighted by atomic mass is 10.2.